The Bertz CT molecular complexity index is 1670. The molecule has 4 aromatic rings. The Morgan fingerprint density at radius 1 is 1.05 bits per heavy atom. The van der Waals surface area contributed by atoms with E-state index in [1.54, 1.807) is 30.6 Å². The summed E-state index contributed by atoms with van der Waals surface area (Å²) in [6.45, 7) is 4.72. The zero-order valence-corrected chi connectivity index (χ0v) is 23.8. The molecule has 0 bridgehead atoms. The van der Waals surface area contributed by atoms with Crippen LogP contribution >= 0.6 is 0 Å². The van der Waals surface area contributed by atoms with Crippen LogP contribution in [0.15, 0.2) is 54.9 Å². The summed E-state index contributed by atoms with van der Waals surface area (Å²) in [6, 6.07) is 12.3. The third-order valence-electron chi connectivity index (χ3n) is 7.72. The molecular weight excluding hydrogens is 543 g/mol. The SMILES string of the molecule is Cc1ccc2c(CS(=O)(=O)N3CCCC3)c(F)ccc2c1Oc1ncccc1-c1ccnc(N[C@H]2CCCNC2)n1. The Balaban J connectivity index is 1.34. The summed E-state index contributed by atoms with van der Waals surface area (Å²) in [6.07, 6.45) is 7.13. The standard InChI is InChI=1S/C30H33FN6O3S/c1-20-8-9-22-23(10-11-26(31)25(22)19-41(38,39)37-16-2-3-17-37)28(20)40-29-24(7-5-14-33-29)27-12-15-34-30(36-27)35-21-6-4-13-32-18-21/h5,7-12,14-15,21,32H,2-4,6,13,16-19H2,1H3,(H,34,35,36)/t21-/m0/s1. The van der Waals surface area contributed by atoms with Crippen molar-refractivity contribution in [3.8, 4) is 22.9 Å². The van der Waals surface area contributed by atoms with Crippen LogP contribution in [-0.4, -0.2) is 59.9 Å². The molecule has 2 aliphatic heterocycles. The van der Waals surface area contributed by atoms with E-state index in [2.05, 4.69) is 20.6 Å². The fourth-order valence-corrected chi connectivity index (χ4v) is 7.20. The number of nitrogens with zero attached hydrogens (tertiary/aromatic N) is 4. The smallest absolute Gasteiger partial charge is 0.228 e. The number of anilines is 1. The van der Waals surface area contributed by atoms with Crippen LogP contribution in [0.2, 0.25) is 0 Å². The number of nitrogens with one attached hydrogen (secondary N) is 2. The lowest BCUT2D eigenvalue weighted by Gasteiger charge is -2.23. The zero-order valence-electron chi connectivity index (χ0n) is 22.9. The number of sulfonamides is 1. The lowest BCUT2D eigenvalue weighted by molar-refractivity contribution is 0.466. The summed E-state index contributed by atoms with van der Waals surface area (Å²) < 4.78 is 49.2. The molecule has 11 heteroatoms. The van der Waals surface area contributed by atoms with Crippen molar-refractivity contribution in [3.63, 3.8) is 0 Å². The van der Waals surface area contributed by atoms with Crippen LogP contribution in [0.3, 0.4) is 0 Å². The van der Waals surface area contributed by atoms with Crippen LogP contribution in [0.5, 0.6) is 11.6 Å². The van der Waals surface area contributed by atoms with Gasteiger partial charge in [0.15, 0.2) is 0 Å². The predicted molar refractivity (Wildman–Crippen MR) is 157 cm³/mol. The fraction of sp³-hybridized carbons (Fsp3) is 0.367. The maximum absolute atomic E-state index is 15.1. The van der Waals surface area contributed by atoms with Gasteiger partial charge in [-0.05, 0) is 80.4 Å². The number of pyridine rings is 1. The van der Waals surface area contributed by atoms with Crippen molar-refractivity contribution in [2.75, 3.05) is 31.5 Å². The van der Waals surface area contributed by atoms with Crippen LogP contribution in [0.1, 0.15) is 36.8 Å². The van der Waals surface area contributed by atoms with Crippen molar-refractivity contribution in [2.45, 2.75) is 44.4 Å². The van der Waals surface area contributed by atoms with Crippen molar-refractivity contribution in [1.29, 1.82) is 0 Å². The molecule has 2 aromatic carbocycles. The van der Waals surface area contributed by atoms with E-state index in [1.807, 2.05) is 25.1 Å². The average molecular weight is 577 g/mol. The molecule has 0 amide bonds. The zero-order chi connectivity index (χ0) is 28.4. The first-order chi connectivity index (χ1) is 19.9. The number of piperidine rings is 1. The number of fused-ring (bicyclic) bond motifs is 1. The Hall–Kier alpha value is -3.67. The highest BCUT2D eigenvalue weighted by Crippen LogP contribution is 2.38. The molecule has 0 radical (unpaired) electrons. The van der Waals surface area contributed by atoms with E-state index in [0.717, 1.165) is 44.3 Å². The minimum atomic E-state index is -3.65. The lowest BCUT2D eigenvalue weighted by atomic mass is 10.0. The predicted octanol–water partition coefficient (Wildman–Crippen LogP) is 5.02. The van der Waals surface area contributed by atoms with Gasteiger partial charge in [-0.25, -0.2) is 32.1 Å². The molecule has 2 saturated heterocycles. The van der Waals surface area contributed by atoms with Gasteiger partial charge in [-0.3, -0.25) is 0 Å². The number of hydrogen-bond acceptors (Lipinski definition) is 8. The number of benzene rings is 2. The van der Waals surface area contributed by atoms with Gasteiger partial charge in [-0.1, -0.05) is 12.1 Å². The second-order valence-electron chi connectivity index (χ2n) is 10.6. The molecule has 2 aliphatic rings. The minimum absolute atomic E-state index is 0.143. The summed E-state index contributed by atoms with van der Waals surface area (Å²) >= 11 is 0. The fourth-order valence-electron chi connectivity index (χ4n) is 5.54. The van der Waals surface area contributed by atoms with E-state index in [9.17, 15) is 8.42 Å². The Kier molecular flexibility index (Phi) is 7.83. The molecule has 4 heterocycles. The highest BCUT2D eigenvalue weighted by atomic mass is 32.2. The molecular formula is C30H33FN6O3S. The number of aryl methyl sites for hydroxylation is 1. The summed E-state index contributed by atoms with van der Waals surface area (Å²) in [5.74, 6) is 0.404. The highest BCUT2D eigenvalue weighted by molar-refractivity contribution is 7.88. The number of halogens is 1. The largest absolute Gasteiger partial charge is 0.437 e. The van der Waals surface area contributed by atoms with E-state index < -0.39 is 21.6 Å². The van der Waals surface area contributed by atoms with E-state index in [1.165, 1.54) is 10.4 Å². The van der Waals surface area contributed by atoms with Crippen LogP contribution in [0, 0.1) is 12.7 Å². The van der Waals surface area contributed by atoms with Crippen LogP contribution in [-0.2, 0) is 15.8 Å². The average Bonchev–Trinajstić information content (AvgIpc) is 3.53. The van der Waals surface area contributed by atoms with Crippen molar-refractivity contribution in [1.82, 2.24) is 24.6 Å². The molecule has 1 atom stereocenters. The Morgan fingerprint density at radius 2 is 1.88 bits per heavy atom. The summed E-state index contributed by atoms with van der Waals surface area (Å²) in [7, 11) is -3.65. The van der Waals surface area contributed by atoms with Crippen LogP contribution < -0.4 is 15.4 Å². The quantitative estimate of drug-likeness (QED) is 0.301. The topological polar surface area (TPSA) is 109 Å². The third-order valence-corrected chi connectivity index (χ3v) is 9.52. The van der Waals surface area contributed by atoms with Gasteiger partial charge >= 0.3 is 0 Å². The minimum Gasteiger partial charge on any atom is -0.437 e. The number of aromatic nitrogens is 3. The van der Waals surface area contributed by atoms with Gasteiger partial charge in [0, 0.05) is 49.0 Å². The number of rotatable bonds is 8. The monoisotopic (exact) mass is 576 g/mol. The van der Waals surface area contributed by atoms with Gasteiger partial charge in [-0.2, -0.15) is 0 Å². The van der Waals surface area contributed by atoms with Gasteiger partial charge in [0.2, 0.25) is 21.9 Å². The first-order valence-corrected chi connectivity index (χ1v) is 15.6. The van der Waals surface area contributed by atoms with Crippen molar-refractivity contribution in [2.24, 2.45) is 0 Å². The second kappa shape index (κ2) is 11.7. The van der Waals surface area contributed by atoms with E-state index in [0.29, 0.717) is 52.7 Å². The van der Waals surface area contributed by atoms with E-state index in [-0.39, 0.29) is 11.6 Å². The van der Waals surface area contributed by atoms with Crippen molar-refractivity contribution in [3.05, 3.63) is 71.8 Å². The maximum atomic E-state index is 15.1. The number of ether oxygens (including phenoxy) is 1. The second-order valence-corrected chi connectivity index (χ2v) is 12.6. The van der Waals surface area contributed by atoms with E-state index >= 15 is 4.39 Å². The van der Waals surface area contributed by atoms with Gasteiger partial charge < -0.3 is 15.4 Å². The molecule has 9 nitrogen and oxygen atoms in total. The molecule has 0 spiro atoms. The summed E-state index contributed by atoms with van der Waals surface area (Å²) in [5, 5.41) is 7.91. The third kappa shape index (κ3) is 5.88. The highest BCUT2D eigenvalue weighted by Gasteiger charge is 2.28. The van der Waals surface area contributed by atoms with Gasteiger partial charge in [0.1, 0.15) is 11.6 Å². The van der Waals surface area contributed by atoms with Gasteiger partial charge in [-0.15, -0.1) is 0 Å². The molecule has 6 rings (SSSR count). The molecule has 41 heavy (non-hydrogen) atoms. The Morgan fingerprint density at radius 3 is 2.68 bits per heavy atom. The molecule has 2 N–H and O–H groups in total. The van der Waals surface area contributed by atoms with Crippen molar-refractivity contribution >= 4 is 26.7 Å². The molecule has 2 aromatic heterocycles. The van der Waals surface area contributed by atoms with Gasteiger partial charge in [0.05, 0.1) is 17.0 Å². The molecule has 0 aliphatic carbocycles. The van der Waals surface area contributed by atoms with Crippen LogP contribution in [0.25, 0.3) is 22.0 Å². The molecule has 214 valence electrons. The molecule has 0 saturated carbocycles. The normalized spacial score (nSPS) is 18.0. The first kappa shape index (κ1) is 27.5. The number of hydrogen-bond donors (Lipinski definition) is 2. The molecule has 0 unspecified atom stereocenters. The maximum Gasteiger partial charge on any atom is 0.228 e. The molecule has 2 fully saturated rings. The van der Waals surface area contributed by atoms with E-state index in [4.69, 9.17) is 9.72 Å². The lowest BCUT2D eigenvalue weighted by Crippen LogP contribution is -2.38. The first-order valence-electron chi connectivity index (χ1n) is 14.0. The summed E-state index contributed by atoms with van der Waals surface area (Å²) in [5.41, 5.74) is 2.28. The summed E-state index contributed by atoms with van der Waals surface area (Å²) in [4.78, 5) is 13.6. The van der Waals surface area contributed by atoms with Crippen LogP contribution in [0.4, 0.5) is 10.3 Å². The Labute approximate surface area is 239 Å². The van der Waals surface area contributed by atoms with Crippen molar-refractivity contribution < 1.29 is 17.5 Å². The van der Waals surface area contributed by atoms with Gasteiger partial charge in [0.25, 0.3) is 0 Å².